The summed E-state index contributed by atoms with van der Waals surface area (Å²) in [5.41, 5.74) is 7.03. The number of halogens is 3. The van der Waals surface area contributed by atoms with Crippen molar-refractivity contribution in [2.24, 2.45) is 5.73 Å². The molecule has 8 nitrogen and oxygen atoms in total. The average molecular weight is 493 g/mol. The highest BCUT2D eigenvalue weighted by molar-refractivity contribution is 8.04. The fourth-order valence-electron chi connectivity index (χ4n) is 3.86. The minimum absolute atomic E-state index is 0.184. The number of carbonyl (C=O) groups is 2. The topological polar surface area (TPSA) is 95.7 Å². The number of allylic oxidation sites excluding steroid dienone is 1. The van der Waals surface area contributed by atoms with Gasteiger partial charge in [-0.05, 0) is 31.5 Å². The zero-order valence-electron chi connectivity index (χ0n) is 18.5. The van der Waals surface area contributed by atoms with Gasteiger partial charge in [0, 0.05) is 31.5 Å². The number of nitrogens with zero attached hydrogens (tertiary/aromatic N) is 5. The van der Waals surface area contributed by atoms with Crippen molar-refractivity contribution in [3.63, 3.8) is 0 Å². The fraction of sp³-hybridized carbons (Fsp3) is 0.364. The Kier molecular flexibility index (Phi) is 6.43. The number of thioether (sulfide) groups is 1. The summed E-state index contributed by atoms with van der Waals surface area (Å²) in [5, 5.41) is 0. The van der Waals surface area contributed by atoms with Crippen LogP contribution in [0.25, 0.3) is 0 Å². The summed E-state index contributed by atoms with van der Waals surface area (Å²) in [6.45, 7) is 4.91. The summed E-state index contributed by atoms with van der Waals surface area (Å²) in [6, 6.07) is 4.51. The molecule has 1 unspecified atom stereocenters. The number of carbonyl (C=O) groups excluding carboxylic acids is 2. The van der Waals surface area contributed by atoms with E-state index in [1.165, 1.54) is 23.9 Å². The van der Waals surface area contributed by atoms with E-state index < -0.39 is 23.1 Å². The lowest BCUT2D eigenvalue weighted by atomic mass is 10.1. The van der Waals surface area contributed by atoms with Gasteiger partial charge in [0.05, 0.1) is 34.6 Å². The molecule has 0 radical (unpaired) electrons. The molecule has 0 aliphatic carbocycles. The molecule has 0 bridgehead atoms. The minimum atomic E-state index is -4.41. The van der Waals surface area contributed by atoms with Crippen molar-refractivity contribution in [3.8, 4) is 0 Å². The molecule has 2 aliphatic rings. The zero-order valence-corrected chi connectivity index (χ0v) is 19.4. The molecule has 3 heterocycles. The largest absolute Gasteiger partial charge is 0.416 e. The highest BCUT2D eigenvalue weighted by Crippen LogP contribution is 2.41. The second-order valence-corrected chi connectivity index (χ2v) is 9.16. The van der Waals surface area contributed by atoms with E-state index in [1.54, 1.807) is 29.1 Å². The highest BCUT2D eigenvalue weighted by Gasteiger charge is 2.43. The van der Waals surface area contributed by atoms with Crippen LogP contribution in [-0.4, -0.2) is 55.2 Å². The molecule has 4 rings (SSSR count). The van der Waals surface area contributed by atoms with Gasteiger partial charge in [-0.25, -0.2) is 4.79 Å². The van der Waals surface area contributed by atoms with Gasteiger partial charge in [0.25, 0.3) is 5.91 Å². The number of amides is 3. The van der Waals surface area contributed by atoms with Crippen LogP contribution in [0.4, 0.5) is 18.0 Å². The Morgan fingerprint density at radius 3 is 2.41 bits per heavy atom. The molecule has 2 N–H and O–H groups in total. The normalized spacial score (nSPS) is 18.9. The monoisotopic (exact) mass is 492 g/mol. The van der Waals surface area contributed by atoms with Crippen LogP contribution < -0.4 is 5.73 Å². The molecule has 2 aliphatic heterocycles. The summed E-state index contributed by atoms with van der Waals surface area (Å²) in [5.74, 6) is -0.571. The van der Waals surface area contributed by atoms with Crippen LogP contribution in [0, 0.1) is 6.92 Å². The third kappa shape index (κ3) is 4.81. The molecule has 1 fully saturated rings. The number of hydrogen-bond acceptors (Lipinski definition) is 6. The molecule has 180 valence electrons. The molecule has 2 aromatic rings. The van der Waals surface area contributed by atoms with E-state index in [0.717, 1.165) is 17.8 Å². The number of hydrogen-bond donors (Lipinski definition) is 1. The van der Waals surface area contributed by atoms with E-state index in [2.05, 4.69) is 9.97 Å². The van der Waals surface area contributed by atoms with Gasteiger partial charge in [-0.2, -0.15) is 13.2 Å². The van der Waals surface area contributed by atoms with E-state index in [-0.39, 0.29) is 12.6 Å². The number of primary amides is 1. The minimum Gasteiger partial charge on any atom is -0.365 e. The standard InChI is InChI=1S/C22H23F3N6O2S/c1-13-9-28-17(10-27-13)12-31-14(2)18(19(26)32)34-21(31)30-8-7-29(20(30)33)11-15-3-5-16(6-4-15)22(23,24)25/h3-6,9-10,21H,7-8,11-12H2,1-2H3,(H2,26,32). The van der Waals surface area contributed by atoms with Gasteiger partial charge < -0.3 is 15.5 Å². The van der Waals surface area contributed by atoms with Crippen molar-refractivity contribution in [2.75, 3.05) is 13.1 Å². The molecule has 1 saturated heterocycles. The second kappa shape index (κ2) is 9.16. The van der Waals surface area contributed by atoms with Crippen molar-refractivity contribution in [2.45, 2.75) is 38.6 Å². The maximum atomic E-state index is 13.2. The molecule has 1 aromatic heterocycles. The van der Waals surface area contributed by atoms with Gasteiger partial charge in [-0.3, -0.25) is 19.7 Å². The lowest BCUT2D eigenvalue weighted by Gasteiger charge is -2.33. The fourth-order valence-corrected chi connectivity index (χ4v) is 5.16. The van der Waals surface area contributed by atoms with Crippen molar-refractivity contribution in [3.05, 3.63) is 69.8 Å². The summed E-state index contributed by atoms with van der Waals surface area (Å²) < 4.78 is 38.5. The van der Waals surface area contributed by atoms with Crippen molar-refractivity contribution < 1.29 is 22.8 Å². The molecule has 1 aromatic carbocycles. The van der Waals surface area contributed by atoms with E-state index in [0.29, 0.717) is 41.5 Å². The Hall–Kier alpha value is -3.28. The van der Waals surface area contributed by atoms with E-state index in [4.69, 9.17) is 5.73 Å². The molecular formula is C22H23F3N6O2S. The molecular weight excluding hydrogens is 469 g/mol. The lowest BCUT2D eigenvalue weighted by Crippen LogP contribution is -2.45. The number of aromatic nitrogens is 2. The van der Waals surface area contributed by atoms with E-state index >= 15 is 0 Å². The van der Waals surface area contributed by atoms with Gasteiger partial charge in [-0.1, -0.05) is 23.9 Å². The number of alkyl halides is 3. The first-order valence-corrected chi connectivity index (χ1v) is 11.4. The number of benzene rings is 1. The van der Waals surface area contributed by atoms with E-state index in [9.17, 15) is 22.8 Å². The highest BCUT2D eigenvalue weighted by atomic mass is 32.2. The van der Waals surface area contributed by atoms with Crippen LogP contribution in [0.2, 0.25) is 0 Å². The molecule has 0 saturated carbocycles. The second-order valence-electron chi connectivity index (χ2n) is 8.09. The number of aryl methyl sites for hydroxylation is 1. The van der Waals surface area contributed by atoms with Gasteiger partial charge in [0.1, 0.15) is 0 Å². The maximum absolute atomic E-state index is 13.2. The summed E-state index contributed by atoms with van der Waals surface area (Å²) in [6.07, 6.45) is -1.11. The predicted octanol–water partition coefficient (Wildman–Crippen LogP) is 3.29. The predicted molar refractivity (Wildman–Crippen MR) is 120 cm³/mol. The van der Waals surface area contributed by atoms with Crippen molar-refractivity contribution in [1.29, 1.82) is 0 Å². The van der Waals surface area contributed by atoms with Gasteiger partial charge in [0.2, 0.25) is 0 Å². The quantitative estimate of drug-likeness (QED) is 0.665. The smallest absolute Gasteiger partial charge is 0.365 e. The van der Waals surface area contributed by atoms with Gasteiger partial charge in [-0.15, -0.1) is 0 Å². The molecule has 3 amide bonds. The summed E-state index contributed by atoms with van der Waals surface area (Å²) in [7, 11) is 0. The first-order valence-electron chi connectivity index (χ1n) is 10.5. The molecule has 34 heavy (non-hydrogen) atoms. The third-order valence-corrected chi connectivity index (χ3v) is 7.14. The SMILES string of the molecule is CC1=C(C(N)=O)SC(N2CCN(Cc3ccc(C(F)(F)F)cc3)C2=O)N1Cc1cnc(C)cn1. The van der Waals surface area contributed by atoms with Crippen LogP contribution in [0.1, 0.15) is 29.4 Å². The number of nitrogens with two attached hydrogens (primary N) is 1. The maximum Gasteiger partial charge on any atom is 0.416 e. The van der Waals surface area contributed by atoms with Gasteiger partial charge in [0.15, 0.2) is 5.50 Å². The Balaban J connectivity index is 1.50. The number of rotatable bonds is 6. The van der Waals surface area contributed by atoms with Crippen molar-refractivity contribution in [1.82, 2.24) is 24.7 Å². The molecule has 0 spiro atoms. The summed E-state index contributed by atoms with van der Waals surface area (Å²) in [4.78, 5) is 39.3. The molecule has 1 atom stereocenters. The van der Waals surface area contributed by atoms with Crippen LogP contribution in [0.3, 0.4) is 0 Å². The Labute approximate surface area is 198 Å². The van der Waals surface area contributed by atoms with Crippen LogP contribution >= 0.6 is 11.8 Å². The van der Waals surface area contributed by atoms with E-state index in [1.807, 2.05) is 11.8 Å². The van der Waals surface area contributed by atoms with Crippen molar-refractivity contribution >= 4 is 23.7 Å². The van der Waals surface area contributed by atoms with Crippen LogP contribution in [0.15, 0.2) is 47.3 Å². The third-order valence-electron chi connectivity index (χ3n) is 5.69. The van der Waals surface area contributed by atoms with Crippen LogP contribution in [-0.2, 0) is 24.1 Å². The average Bonchev–Trinajstić information content (AvgIpc) is 3.29. The Bertz CT molecular complexity index is 1120. The molecule has 12 heteroatoms. The first-order chi connectivity index (χ1) is 16.0. The Morgan fingerprint density at radius 1 is 1.12 bits per heavy atom. The van der Waals surface area contributed by atoms with Gasteiger partial charge >= 0.3 is 12.2 Å². The first kappa shape index (κ1) is 23.9. The number of urea groups is 1. The van der Waals surface area contributed by atoms with Crippen LogP contribution in [0.5, 0.6) is 0 Å². The zero-order chi connectivity index (χ0) is 24.6. The Morgan fingerprint density at radius 2 is 1.82 bits per heavy atom. The lowest BCUT2D eigenvalue weighted by molar-refractivity contribution is -0.137. The summed E-state index contributed by atoms with van der Waals surface area (Å²) >= 11 is 1.21.